The molecule has 2 fully saturated rings. The maximum absolute atomic E-state index is 6.53. The molecule has 0 nitrogen and oxygen atoms in total. The van der Waals surface area contributed by atoms with Crippen molar-refractivity contribution in [3.63, 3.8) is 0 Å². The van der Waals surface area contributed by atoms with Gasteiger partial charge < -0.3 is 0 Å². The van der Waals surface area contributed by atoms with Crippen LogP contribution < -0.4 is 0 Å². The maximum atomic E-state index is 6.53. The van der Waals surface area contributed by atoms with Crippen LogP contribution in [-0.2, 0) is 0 Å². The molecule has 2 aliphatic carbocycles. The molecule has 0 spiro atoms. The van der Waals surface area contributed by atoms with Crippen LogP contribution >= 0.6 is 35.0 Å². The summed E-state index contributed by atoms with van der Waals surface area (Å²) >= 11 is 15.2. The van der Waals surface area contributed by atoms with Gasteiger partial charge >= 0.3 is 0 Å². The maximum Gasteiger partial charge on any atom is 0.0454 e. The summed E-state index contributed by atoms with van der Waals surface area (Å²) in [5.74, 6) is 0. The van der Waals surface area contributed by atoms with Crippen molar-refractivity contribution in [1.29, 1.82) is 0 Å². The van der Waals surface area contributed by atoms with Crippen LogP contribution in [0.25, 0.3) is 0 Å². The zero-order valence-corrected chi connectivity index (χ0v) is 12.9. The molecule has 0 aromatic rings. The number of halogens is 2. The molecule has 0 heterocycles. The largest absolute Gasteiger partial charge is 0.152 e. The van der Waals surface area contributed by atoms with E-state index in [9.17, 15) is 0 Å². The van der Waals surface area contributed by atoms with Crippen LogP contribution in [-0.4, -0.2) is 21.3 Å². The summed E-state index contributed by atoms with van der Waals surface area (Å²) in [5, 5.41) is 2.08. The van der Waals surface area contributed by atoms with E-state index in [1.807, 2.05) is 0 Å². The summed E-state index contributed by atoms with van der Waals surface area (Å²) in [5.41, 5.74) is 0. The second-order valence-electron chi connectivity index (χ2n) is 5.52. The third-order valence-corrected chi connectivity index (χ3v) is 7.26. The Morgan fingerprint density at radius 2 is 1.00 bits per heavy atom. The fourth-order valence-corrected chi connectivity index (χ4v) is 5.57. The van der Waals surface area contributed by atoms with E-state index < -0.39 is 0 Å². The van der Waals surface area contributed by atoms with Crippen molar-refractivity contribution in [2.75, 3.05) is 0 Å². The van der Waals surface area contributed by atoms with Gasteiger partial charge in [-0.25, -0.2) is 0 Å². The Bertz CT molecular complexity index is 200. The lowest BCUT2D eigenvalue weighted by Crippen LogP contribution is -2.24. The zero-order chi connectivity index (χ0) is 12.1. The van der Waals surface area contributed by atoms with E-state index in [-0.39, 0.29) is 0 Å². The lowest BCUT2D eigenvalue weighted by atomic mass is 10.2. The zero-order valence-electron chi connectivity index (χ0n) is 10.5. The second kappa shape index (κ2) is 7.50. The van der Waals surface area contributed by atoms with Gasteiger partial charge in [0.25, 0.3) is 0 Å². The highest BCUT2D eigenvalue weighted by atomic mass is 35.5. The standard InChI is InChI=1S/C14H24Cl2S/c15-11-7-3-1-5-9-13(11)17-14-10-6-2-4-8-12(14)16/h11-14H,1-10H2. The minimum atomic E-state index is 0.384. The van der Waals surface area contributed by atoms with Crippen LogP contribution in [0.3, 0.4) is 0 Å². The third-order valence-electron chi connectivity index (χ3n) is 4.09. The summed E-state index contributed by atoms with van der Waals surface area (Å²) in [6, 6.07) is 0. The number of rotatable bonds is 2. The van der Waals surface area contributed by atoms with E-state index in [0.29, 0.717) is 21.3 Å². The SMILES string of the molecule is ClC1CCCCCC1SC1CCCCCC1Cl. The van der Waals surface area contributed by atoms with Crippen molar-refractivity contribution in [2.24, 2.45) is 0 Å². The van der Waals surface area contributed by atoms with Crippen molar-refractivity contribution < 1.29 is 0 Å². The highest BCUT2D eigenvalue weighted by molar-refractivity contribution is 8.00. The first-order chi connectivity index (χ1) is 8.27. The fraction of sp³-hybridized carbons (Fsp3) is 1.00. The van der Waals surface area contributed by atoms with Crippen LogP contribution in [0.4, 0.5) is 0 Å². The molecule has 0 aromatic heterocycles. The smallest absolute Gasteiger partial charge is 0.0454 e. The van der Waals surface area contributed by atoms with Gasteiger partial charge in [0.1, 0.15) is 0 Å². The van der Waals surface area contributed by atoms with Gasteiger partial charge in [-0.2, -0.15) is 11.8 Å². The average Bonchev–Trinajstić information content (AvgIpc) is 2.63. The Morgan fingerprint density at radius 1 is 0.588 bits per heavy atom. The normalized spacial score (nSPS) is 40.6. The van der Waals surface area contributed by atoms with Gasteiger partial charge in [0.15, 0.2) is 0 Å². The van der Waals surface area contributed by atoms with Gasteiger partial charge in [0.05, 0.1) is 0 Å². The summed E-state index contributed by atoms with van der Waals surface area (Å²) in [4.78, 5) is 0. The highest BCUT2D eigenvalue weighted by Crippen LogP contribution is 2.39. The van der Waals surface area contributed by atoms with Crippen molar-refractivity contribution in [2.45, 2.75) is 85.5 Å². The minimum absolute atomic E-state index is 0.384. The lowest BCUT2D eigenvalue weighted by molar-refractivity contribution is 0.691. The molecular weight excluding hydrogens is 271 g/mol. The Labute approximate surface area is 120 Å². The van der Waals surface area contributed by atoms with E-state index in [2.05, 4.69) is 11.8 Å². The summed E-state index contributed by atoms with van der Waals surface area (Å²) in [7, 11) is 0. The topological polar surface area (TPSA) is 0 Å². The molecule has 0 N–H and O–H groups in total. The van der Waals surface area contributed by atoms with Crippen LogP contribution in [0.1, 0.15) is 64.2 Å². The Kier molecular flexibility index (Phi) is 6.33. The molecule has 4 atom stereocenters. The molecule has 100 valence electrons. The number of thioether (sulfide) groups is 1. The van der Waals surface area contributed by atoms with Gasteiger partial charge in [-0.3, -0.25) is 0 Å². The van der Waals surface area contributed by atoms with Gasteiger partial charge in [0.2, 0.25) is 0 Å². The average molecular weight is 295 g/mol. The van der Waals surface area contributed by atoms with Gasteiger partial charge in [0, 0.05) is 21.3 Å². The van der Waals surface area contributed by atoms with Crippen molar-refractivity contribution in [3.8, 4) is 0 Å². The van der Waals surface area contributed by atoms with Crippen molar-refractivity contribution in [1.82, 2.24) is 0 Å². The van der Waals surface area contributed by atoms with E-state index >= 15 is 0 Å². The molecule has 2 rings (SSSR count). The Morgan fingerprint density at radius 3 is 1.47 bits per heavy atom. The van der Waals surface area contributed by atoms with Gasteiger partial charge in [-0.05, 0) is 25.7 Å². The molecular formula is C14H24Cl2S. The molecule has 17 heavy (non-hydrogen) atoms. The molecule has 0 radical (unpaired) electrons. The number of alkyl halides is 2. The lowest BCUT2D eigenvalue weighted by Gasteiger charge is -2.27. The quantitative estimate of drug-likeness (QED) is 0.472. The second-order valence-corrected chi connectivity index (χ2v) is 8.13. The minimum Gasteiger partial charge on any atom is -0.152 e. The monoisotopic (exact) mass is 294 g/mol. The molecule has 2 aliphatic rings. The molecule has 3 heteroatoms. The Balaban J connectivity index is 1.88. The molecule has 0 saturated heterocycles. The summed E-state index contributed by atoms with van der Waals surface area (Å²) < 4.78 is 0. The van der Waals surface area contributed by atoms with Crippen molar-refractivity contribution >= 4 is 35.0 Å². The molecule has 0 amide bonds. The Hall–Kier alpha value is 0.930. The van der Waals surface area contributed by atoms with E-state index in [0.717, 1.165) is 0 Å². The van der Waals surface area contributed by atoms with Crippen LogP contribution in [0.15, 0.2) is 0 Å². The molecule has 2 saturated carbocycles. The van der Waals surface area contributed by atoms with Crippen LogP contribution in [0, 0.1) is 0 Å². The predicted octanol–water partition coefficient (Wildman–Crippen LogP) is 5.60. The molecule has 0 aromatic carbocycles. The van der Waals surface area contributed by atoms with Gasteiger partial charge in [-0.15, -0.1) is 23.2 Å². The summed E-state index contributed by atoms with van der Waals surface area (Å²) in [6.07, 6.45) is 13.1. The first-order valence-corrected chi connectivity index (χ1v) is 9.02. The molecule has 0 aliphatic heterocycles. The van der Waals surface area contributed by atoms with Crippen molar-refractivity contribution in [3.05, 3.63) is 0 Å². The van der Waals surface area contributed by atoms with E-state index in [1.165, 1.54) is 64.2 Å². The molecule has 4 unspecified atom stereocenters. The van der Waals surface area contributed by atoms with Crippen LogP contribution in [0.2, 0.25) is 0 Å². The first kappa shape index (κ1) is 14.3. The third kappa shape index (κ3) is 4.51. The number of hydrogen-bond acceptors (Lipinski definition) is 1. The van der Waals surface area contributed by atoms with E-state index in [1.54, 1.807) is 0 Å². The van der Waals surface area contributed by atoms with E-state index in [4.69, 9.17) is 23.2 Å². The van der Waals surface area contributed by atoms with Gasteiger partial charge in [-0.1, -0.05) is 38.5 Å². The predicted molar refractivity (Wildman–Crippen MR) is 80.6 cm³/mol. The van der Waals surface area contributed by atoms with Crippen LogP contribution in [0.5, 0.6) is 0 Å². The molecule has 0 bridgehead atoms. The highest BCUT2D eigenvalue weighted by Gasteiger charge is 2.29. The number of hydrogen-bond donors (Lipinski definition) is 0. The first-order valence-electron chi connectivity index (χ1n) is 7.21. The fourth-order valence-electron chi connectivity index (χ4n) is 2.99. The summed E-state index contributed by atoms with van der Waals surface area (Å²) in [6.45, 7) is 0.